The highest BCUT2D eigenvalue weighted by molar-refractivity contribution is 7.82. The molecule has 1 heterocycles. The van der Waals surface area contributed by atoms with Gasteiger partial charge in [-0.3, -0.25) is 4.79 Å². The maximum Gasteiger partial charge on any atom is 0.226 e. The summed E-state index contributed by atoms with van der Waals surface area (Å²) < 4.78 is 19.7. The molecule has 0 bridgehead atoms. The van der Waals surface area contributed by atoms with Crippen molar-refractivity contribution in [1.82, 2.24) is 4.72 Å². The van der Waals surface area contributed by atoms with Gasteiger partial charge in [0.05, 0.1) is 17.2 Å². The van der Waals surface area contributed by atoms with Crippen LogP contribution in [-0.4, -0.2) is 22.1 Å². The lowest BCUT2D eigenvalue weighted by atomic mass is 9.94. The quantitative estimate of drug-likeness (QED) is 0.657. The average Bonchev–Trinajstić information content (AvgIpc) is 2.68. The van der Waals surface area contributed by atoms with Crippen molar-refractivity contribution in [2.24, 2.45) is 0 Å². The molecule has 0 amide bonds. The van der Waals surface area contributed by atoms with Gasteiger partial charge in [0.2, 0.25) is 11.2 Å². The van der Waals surface area contributed by atoms with E-state index in [9.17, 15) is 14.1 Å². The molecule has 0 aliphatic carbocycles. The van der Waals surface area contributed by atoms with Crippen molar-refractivity contribution in [2.75, 3.05) is 12.8 Å². The van der Waals surface area contributed by atoms with Crippen LogP contribution in [-0.2, 0) is 17.4 Å². The summed E-state index contributed by atoms with van der Waals surface area (Å²) in [6, 6.07) is 19.3. The Balaban J connectivity index is 1.84. The molecule has 140 valence electrons. The van der Waals surface area contributed by atoms with E-state index in [4.69, 9.17) is 4.42 Å². The lowest BCUT2D eigenvalue weighted by Crippen LogP contribution is -2.25. The number of benzene rings is 2. The third kappa shape index (κ3) is 4.93. The smallest absolute Gasteiger partial charge is 0.226 e. The molecule has 2 atom stereocenters. The van der Waals surface area contributed by atoms with Gasteiger partial charge in [0.25, 0.3) is 0 Å². The van der Waals surface area contributed by atoms with Gasteiger partial charge in [-0.25, -0.2) is 8.93 Å². The number of rotatable bonds is 7. The van der Waals surface area contributed by atoms with Crippen molar-refractivity contribution in [3.63, 3.8) is 0 Å². The van der Waals surface area contributed by atoms with Crippen LogP contribution in [0.1, 0.15) is 17.2 Å². The molecule has 3 aromatic rings. The second-order valence-corrected chi connectivity index (χ2v) is 7.46. The van der Waals surface area contributed by atoms with Crippen LogP contribution >= 0.6 is 0 Å². The van der Waals surface area contributed by atoms with E-state index in [1.165, 1.54) is 18.6 Å². The highest BCUT2D eigenvalue weighted by atomic mass is 32.2. The third-order valence-electron chi connectivity index (χ3n) is 4.33. The average molecular weight is 383 g/mol. The predicted molar refractivity (Wildman–Crippen MR) is 107 cm³/mol. The Morgan fingerprint density at radius 1 is 1.04 bits per heavy atom. The van der Waals surface area contributed by atoms with Gasteiger partial charge in [0.1, 0.15) is 0 Å². The van der Waals surface area contributed by atoms with Gasteiger partial charge in [-0.1, -0.05) is 54.6 Å². The zero-order valence-corrected chi connectivity index (χ0v) is 15.7. The van der Waals surface area contributed by atoms with Crippen molar-refractivity contribution in [1.29, 1.82) is 0 Å². The summed E-state index contributed by atoms with van der Waals surface area (Å²) in [5, 5.41) is 10.1. The molecule has 0 fully saturated rings. The van der Waals surface area contributed by atoms with Crippen LogP contribution in [0.5, 0.6) is 5.75 Å². The Bertz CT molecular complexity index is 967. The highest BCUT2D eigenvalue weighted by Crippen LogP contribution is 2.27. The van der Waals surface area contributed by atoms with Crippen molar-refractivity contribution in [3.05, 3.63) is 88.5 Å². The summed E-state index contributed by atoms with van der Waals surface area (Å²) in [5.41, 5.74) is 2.78. The normalized spacial score (nSPS) is 13.2. The molecule has 6 heteroatoms. The Hall–Kier alpha value is -2.70. The minimum absolute atomic E-state index is 0.201. The van der Waals surface area contributed by atoms with Crippen LogP contribution in [0.15, 0.2) is 76.1 Å². The number of nitrogens with one attached hydrogen (secondary N) is 1. The van der Waals surface area contributed by atoms with E-state index in [2.05, 4.69) is 16.9 Å². The van der Waals surface area contributed by atoms with E-state index in [0.717, 1.165) is 16.7 Å². The first kappa shape index (κ1) is 19.1. The molecule has 0 saturated heterocycles. The molecule has 5 nitrogen and oxygen atoms in total. The zero-order valence-electron chi connectivity index (χ0n) is 14.9. The number of aromatic hydroxyl groups is 1. The van der Waals surface area contributed by atoms with Gasteiger partial charge in [-0.15, -0.1) is 0 Å². The minimum Gasteiger partial charge on any atom is -0.502 e. The monoisotopic (exact) mass is 383 g/mol. The third-order valence-corrected chi connectivity index (χ3v) is 4.90. The van der Waals surface area contributed by atoms with Crippen molar-refractivity contribution in [2.45, 2.75) is 12.3 Å². The van der Waals surface area contributed by atoms with Crippen LogP contribution in [0.3, 0.4) is 0 Å². The standard InChI is InChI=1S/C21H21NO4S/c1-27(25)22-14-18(21-20(24)19(23)11-12-26-21)13-15-7-9-17(10-8-15)16-5-3-2-4-6-16/h2-12,18,22,24H,13-14H2,1H3. The van der Waals surface area contributed by atoms with E-state index in [1.807, 2.05) is 42.5 Å². The molecule has 2 aromatic carbocycles. The molecule has 2 unspecified atom stereocenters. The van der Waals surface area contributed by atoms with Crippen LogP contribution in [0.4, 0.5) is 0 Å². The largest absolute Gasteiger partial charge is 0.502 e. The van der Waals surface area contributed by atoms with E-state index >= 15 is 0 Å². The summed E-state index contributed by atoms with van der Waals surface area (Å²) >= 11 is 0. The first-order valence-electron chi connectivity index (χ1n) is 8.56. The summed E-state index contributed by atoms with van der Waals surface area (Å²) in [6.45, 7) is 0.310. The minimum atomic E-state index is -1.21. The first-order chi connectivity index (χ1) is 13.0. The lowest BCUT2D eigenvalue weighted by molar-refractivity contribution is 0.374. The highest BCUT2D eigenvalue weighted by Gasteiger charge is 2.21. The molecular weight excluding hydrogens is 362 g/mol. The van der Waals surface area contributed by atoms with Gasteiger partial charge >= 0.3 is 0 Å². The number of hydrogen-bond acceptors (Lipinski definition) is 4. The Labute approximate surface area is 160 Å². The van der Waals surface area contributed by atoms with E-state index in [-0.39, 0.29) is 11.7 Å². The van der Waals surface area contributed by atoms with Crippen molar-refractivity contribution >= 4 is 11.0 Å². The van der Waals surface area contributed by atoms with Crippen LogP contribution in [0.2, 0.25) is 0 Å². The van der Waals surface area contributed by atoms with E-state index < -0.39 is 22.2 Å². The Morgan fingerprint density at radius 2 is 1.70 bits per heavy atom. The fourth-order valence-electron chi connectivity index (χ4n) is 2.94. The fourth-order valence-corrected chi connectivity index (χ4v) is 3.37. The molecule has 0 aliphatic rings. The maximum atomic E-state index is 11.7. The van der Waals surface area contributed by atoms with E-state index in [0.29, 0.717) is 13.0 Å². The second-order valence-electron chi connectivity index (χ2n) is 6.26. The molecule has 27 heavy (non-hydrogen) atoms. The topological polar surface area (TPSA) is 79.5 Å². The summed E-state index contributed by atoms with van der Waals surface area (Å²) in [4.78, 5) is 11.7. The van der Waals surface area contributed by atoms with Crippen LogP contribution < -0.4 is 10.2 Å². The molecule has 0 aliphatic heterocycles. The first-order valence-corrected chi connectivity index (χ1v) is 10.1. The lowest BCUT2D eigenvalue weighted by Gasteiger charge is -2.17. The Kier molecular flexibility index (Phi) is 6.21. The molecule has 2 N–H and O–H groups in total. The molecule has 3 rings (SSSR count). The molecule has 0 radical (unpaired) electrons. The summed E-state index contributed by atoms with van der Waals surface area (Å²) in [6.07, 6.45) is 3.33. The second kappa shape index (κ2) is 8.79. The van der Waals surface area contributed by atoms with Gasteiger partial charge in [-0.2, -0.15) is 0 Å². The van der Waals surface area contributed by atoms with Crippen LogP contribution in [0.25, 0.3) is 11.1 Å². The van der Waals surface area contributed by atoms with Gasteiger partial charge in [-0.05, 0) is 23.1 Å². The predicted octanol–water partition coefficient (Wildman–Crippen LogP) is 3.22. The van der Waals surface area contributed by atoms with E-state index in [1.54, 1.807) is 0 Å². The Morgan fingerprint density at radius 3 is 2.37 bits per heavy atom. The SMILES string of the molecule is CS(=O)NCC(Cc1ccc(-c2ccccc2)cc1)c1occc(=O)c1O. The fraction of sp³-hybridized carbons (Fsp3) is 0.190. The van der Waals surface area contributed by atoms with Gasteiger partial charge < -0.3 is 9.52 Å². The molecule has 0 spiro atoms. The molecular formula is C21H21NO4S. The van der Waals surface area contributed by atoms with Gasteiger partial charge in [0, 0.05) is 24.8 Å². The summed E-state index contributed by atoms with van der Waals surface area (Å²) in [7, 11) is -1.21. The molecule has 1 aromatic heterocycles. The maximum absolute atomic E-state index is 11.7. The number of hydrogen-bond donors (Lipinski definition) is 2. The zero-order chi connectivity index (χ0) is 19.2. The summed E-state index contributed by atoms with van der Waals surface area (Å²) in [5.74, 6) is -0.523. The van der Waals surface area contributed by atoms with Crippen molar-refractivity contribution in [3.8, 4) is 16.9 Å². The molecule has 0 saturated carbocycles. The van der Waals surface area contributed by atoms with Crippen molar-refractivity contribution < 1.29 is 13.7 Å². The van der Waals surface area contributed by atoms with Gasteiger partial charge in [0.15, 0.2) is 5.76 Å². The van der Waals surface area contributed by atoms with Crippen LogP contribution in [0, 0.1) is 0 Å².